The van der Waals surface area contributed by atoms with E-state index in [-0.39, 0.29) is 25.5 Å². The molecule has 6 nitrogen and oxygen atoms in total. The zero-order chi connectivity index (χ0) is 10.7. The maximum atomic E-state index is 11.4. The minimum Gasteiger partial charge on any atom is -0.383 e. The Morgan fingerprint density at radius 3 is 2.71 bits per heavy atom. The van der Waals surface area contributed by atoms with E-state index in [0.29, 0.717) is 0 Å². The molecule has 1 saturated heterocycles. The highest BCUT2D eigenvalue weighted by atomic mass is 16.5. The average molecular weight is 200 g/mol. The summed E-state index contributed by atoms with van der Waals surface area (Å²) in [5.74, 6) is -2.61. The Hall–Kier alpha value is -1.43. The molecule has 0 saturated carbocycles. The predicted octanol–water partition coefficient (Wildman–Crippen LogP) is -1.51. The molecule has 78 valence electrons. The molecule has 0 spiro atoms. The first kappa shape index (κ1) is 10.6. The smallest absolute Gasteiger partial charge is 0.242 e. The van der Waals surface area contributed by atoms with Crippen LogP contribution >= 0.6 is 0 Å². The summed E-state index contributed by atoms with van der Waals surface area (Å²) < 4.78 is 4.73. The maximum absolute atomic E-state index is 11.4. The number of hydrogen-bond donors (Lipinski definition) is 1. The quantitative estimate of drug-likeness (QED) is 0.441. The monoisotopic (exact) mass is 200 g/mol. The van der Waals surface area contributed by atoms with E-state index < -0.39 is 17.7 Å². The van der Waals surface area contributed by atoms with E-state index in [1.54, 1.807) is 0 Å². The lowest BCUT2D eigenvalue weighted by Crippen LogP contribution is -2.36. The number of ether oxygens (including phenoxy) is 1. The molecule has 2 N–H and O–H groups in total. The minimum absolute atomic E-state index is 0.113. The van der Waals surface area contributed by atoms with E-state index in [2.05, 4.69) is 0 Å². The summed E-state index contributed by atoms with van der Waals surface area (Å²) in [5, 5.41) is 0. The van der Waals surface area contributed by atoms with Crippen molar-refractivity contribution in [2.24, 2.45) is 11.7 Å². The second kappa shape index (κ2) is 4.19. The summed E-state index contributed by atoms with van der Waals surface area (Å²) in [6.45, 7) is 0.445. The number of likely N-dealkylation sites (tertiary alicyclic amines) is 1. The van der Waals surface area contributed by atoms with Gasteiger partial charge in [-0.05, 0) is 0 Å². The van der Waals surface area contributed by atoms with Crippen LogP contribution in [0.1, 0.15) is 6.42 Å². The number of rotatable bonds is 4. The fraction of sp³-hybridized carbons (Fsp3) is 0.625. The Bertz CT molecular complexity index is 277. The Morgan fingerprint density at radius 1 is 1.64 bits per heavy atom. The van der Waals surface area contributed by atoms with E-state index in [1.165, 1.54) is 7.11 Å². The topological polar surface area (TPSA) is 89.7 Å². The van der Waals surface area contributed by atoms with Crippen molar-refractivity contribution in [1.82, 2.24) is 4.90 Å². The molecular weight excluding hydrogens is 188 g/mol. The second-order valence-electron chi connectivity index (χ2n) is 3.04. The van der Waals surface area contributed by atoms with Crippen LogP contribution in [0, 0.1) is 5.92 Å². The molecule has 1 aliphatic heterocycles. The number of hydrogen-bond acceptors (Lipinski definition) is 4. The normalized spacial score (nSPS) is 21.8. The highest BCUT2D eigenvalue weighted by Gasteiger charge is 2.41. The van der Waals surface area contributed by atoms with E-state index in [4.69, 9.17) is 10.5 Å². The van der Waals surface area contributed by atoms with Crippen molar-refractivity contribution >= 4 is 17.7 Å². The number of primary amides is 1. The lowest BCUT2D eigenvalue weighted by atomic mass is 10.1. The minimum atomic E-state index is -0.987. The third kappa shape index (κ3) is 1.90. The van der Waals surface area contributed by atoms with Gasteiger partial charge in [0.05, 0.1) is 13.2 Å². The van der Waals surface area contributed by atoms with Crippen molar-refractivity contribution < 1.29 is 19.1 Å². The van der Waals surface area contributed by atoms with Crippen LogP contribution in [0.3, 0.4) is 0 Å². The molecule has 1 aliphatic rings. The summed E-state index contributed by atoms with van der Waals surface area (Å²) >= 11 is 0. The van der Waals surface area contributed by atoms with Gasteiger partial charge in [0.25, 0.3) is 0 Å². The Kier molecular flexibility index (Phi) is 3.19. The van der Waals surface area contributed by atoms with E-state index in [1.807, 2.05) is 0 Å². The summed E-state index contributed by atoms with van der Waals surface area (Å²) in [7, 11) is 1.47. The van der Waals surface area contributed by atoms with E-state index in [0.717, 1.165) is 4.90 Å². The molecule has 1 heterocycles. The van der Waals surface area contributed by atoms with Gasteiger partial charge in [0, 0.05) is 13.5 Å². The third-order valence-electron chi connectivity index (χ3n) is 2.11. The molecular formula is C8H12N2O4. The number of imide groups is 1. The Labute approximate surface area is 81.0 Å². The predicted molar refractivity (Wildman–Crippen MR) is 45.9 cm³/mol. The molecule has 0 unspecified atom stereocenters. The Balaban J connectivity index is 2.65. The van der Waals surface area contributed by atoms with Gasteiger partial charge < -0.3 is 10.5 Å². The summed E-state index contributed by atoms with van der Waals surface area (Å²) in [6.07, 6.45) is -0.113. The van der Waals surface area contributed by atoms with Gasteiger partial charge in [-0.1, -0.05) is 0 Å². The summed E-state index contributed by atoms with van der Waals surface area (Å²) in [5.41, 5.74) is 4.97. The van der Waals surface area contributed by atoms with Gasteiger partial charge >= 0.3 is 0 Å². The van der Waals surface area contributed by atoms with Crippen LogP contribution in [-0.2, 0) is 19.1 Å². The number of carbonyl (C=O) groups is 3. The number of carbonyl (C=O) groups excluding carboxylic acids is 3. The molecule has 0 aromatic heterocycles. The van der Waals surface area contributed by atoms with Crippen LogP contribution in [-0.4, -0.2) is 42.9 Å². The fourth-order valence-corrected chi connectivity index (χ4v) is 1.32. The van der Waals surface area contributed by atoms with Gasteiger partial charge in [0.15, 0.2) is 0 Å². The first-order chi connectivity index (χ1) is 6.57. The van der Waals surface area contributed by atoms with Gasteiger partial charge in [0.2, 0.25) is 17.7 Å². The third-order valence-corrected chi connectivity index (χ3v) is 2.11. The molecule has 0 radical (unpaired) electrons. The van der Waals surface area contributed by atoms with Crippen molar-refractivity contribution in [2.75, 3.05) is 20.3 Å². The largest absolute Gasteiger partial charge is 0.383 e. The zero-order valence-corrected chi connectivity index (χ0v) is 7.86. The van der Waals surface area contributed by atoms with Crippen LogP contribution in [0.4, 0.5) is 0 Å². The molecule has 14 heavy (non-hydrogen) atoms. The van der Waals surface area contributed by atoms with Crippen molar-refractivity contribution in [1.29, 1.82) is 0 Å². The highest BCUT2D eigenvalue weighted by molar-refractivity contribution is 6.13. The van der Waals surface area contributed by atoms with Crippen LogP contribution in [0.25, 0.3) is 0 Å². The molecule has 0 bridgehead atoms. The van der Waals surface area contributed by atoms with Gasteiger partial charge in [-0.2, -0.15) is 0 Å². The zero-order valence-electron chi connectivity index (χ0n) is 7.86. The molecule has 0 aromatic rings. The molecule has 3 amide bonds. The van der Waals surface area contributed by atoms with Gasteiger partial charge in [0.1, 0.15) is 5.92 Å². The molecule has 1 fully saturated rings. The first-order valence-electron chi connectivity index (χ1n) is 4.20. The van der Waals surface area contributed by atoms with Crippen LogP contribution < -0.4 is 5.73 Å². The van der Waals surface area contributed by atoms with Crippen molar-refractivity contribution in [3.8, 4) is 0 Å². The lowest BCUT2D eigenvalue weighted by Gasteiger charge is -2.12. The molecule has 6 heteroatoms. The maximum Gasteiger partial charge on any atom is 0.242 e. The number of nitrogens with two attached hydrogens (primary N) is 1. The molecule has 1 rings (SSSR count). The van der Waals surface area contributed by atoms with E-state index >= 15 is 0 Å². The highest BCUT2D eigenvalue weighted by Crippen LogP contribution is 2.18. The molecule has 1 atom stereocenters. The van der Waals surface area contributed by atoms with Crippen LogP contribution in [0.15, 0.2) is 0 Å². The van der Waals surface area contributed by atoms with Gasteiger partial charge in [-0.15, -0.1) is 0 Å². The van der Waals surface area contributed by atoms with Gasteiger partial charge in [-0.3, -0.25) is 19.3 Å². The number of nitrogens with zero attached hydrogens (tertiary/aromatic N) is 1. The average Bonchev–Trinajstić information content (AvgIpc) is 2.40. The summed E-state index contributed by atoms with van der Waals surface area (Å²) in [6, 6.07) is 0. The first-order valence-corrected chi connectivity index (χ1v) is 4.20. The van der Waals surface area contributed by atoms with Crippen LogP contribution in [0.5, 0.6) is 0 Å². The molecule has 0 aromatic carbocycles. The van der Waals surface area contributed by atoms with Crippen LogP contribution in [0.2, 0.25) is 0 Å². The lowest BCUT2D eigenvalue weighted by molar-refractivity contribution is -0.141. The van der Waals surface area contributed by atoms with Crippen molar-refractivity contribution in [3.63, 3.8) is 0 Å². The number of methoxy groups -OCH3 is 1. The van der Waals surface area contributed by atoms with Crippen molar-refractivity contribution in [3.05, 3.63) is 0 Å². The molecule has 0 aliphatic carbocycles. The number of amides is 3. The Morgan fingerprint density at radius 2 is 2.29 bits per heavy atom. The van der Waals surface area contributed by atoms with Crippen molar-refractivity contribution in [2.45, 2.75) is 6.42 Å². The van der Waals surface area contributed by atoms with E-state index in [9.17, 15) is 14.4 Å². The summed E-state index contributed by atoms with van der Waals surface area (Å²) in [4.78, 5) is 34.4. The standard InChI is InChI=1S/C8H12N2O4/c1-14-3-2-10-6(11)4-5(7(9)12)8(10)13/h5H,2-4H2,1H3,(H2,9,12)/t5-/m0/s1. The fourth-order valence-electron chi connectivity index (χ4n) is 1.32. The van der Waals surface area contributed by atoms with Gasteiger partial charge in [-0.25, -0.2) is 0 Å². The SMILES string of the molecule is COCCN1C(=O)C[C@@H](C(N)=O)C1=O. The second-order valence-corrected chi connectivity index (χ2v) is 3.04.